The number of halogens is 2. The smallest absolute Gasteiger partial charge is 0.141 e. The first-order chi connectivity index (χ1) is 13.4. The highest BCUT2D eigenvalue weighted by molar-refractivity contribution is 7.99. The van der Waals surface area contributed by atoms with Crippen molar-refractivity contribution in [1.29, 1.82) is 5.26 Å². The molecule has 0 bridgehead atoms. The standard InChI is InChI=1S/C20H19ClFN5S/c1-27(2)5-6-28-19-9-18-14(8-17(19)24)20(12(10-23)11-25-18)26-13-3-4-16(22)15(21)7-13/h3-4,7-9,11H,5-6,24H2,1-2H3,(H,25,26). The molecular formula is C20H19ClFN5S. The first-order valence-corrected chi connectivity index (χ1v) is 9.87. The van der Waals surface area contributed by atoms with E-state index < -0.39 is 5.82 Å². The average molecular weight is 416 g/mol. The van der Waals surface area contributed by atoms with Gasteiger partial charge in [0, 0.05) is 40.2 Å². The predicted octanol–water partition coefficient (Wildman–Crippen LogP) is 4.88. The normalized spacial score (nSPS) is 11.0. The maximum Gasteiger partial charge on any atom is 0.141 e. The van der Waals surface area contributed by atoms with Crippen molar-refractivity contribution in [2.75, 3.05) is 37.4 Å². The molecule has 0 unspecified atom stereocenters. The van der Waals surface area contributed by atoms with Crippen LogP contribution >= 0.6 is 23.4 Å². The van der Waals surface area contributed by atoms with Gasteiger partial charge in [0.2, 0.25) is 0 Å². The van der Waals surface area contributed by atoms with Gasteiger partial charge in [0.25, 0.3) is 0 Å². The van der Waals surface area contributed by atoms with Crippen LogP contribution < -0.4 is 11.1 Å². The number of aromatic nitrogens is 1. The minimum Gasteiger partial charge on any atom is -0.398 e. The van der Waals surface area contributed by atoms with Crippen LogP contribution in [0.1, 0.15) is 5.56 Å². The van der Waals surface area contributed by atoms with Crippen molar-refractivity contribution in [2.45, 2.75) is 4.90 Å². The van der Waals surface area contributed by atoms with E-state index in [0.29, 0.717) is 28.0 Å². The number of benzene rings is 2. The number of rotatable bonds is 6. The molecule has 0 spiro atoms. The number of nitrogens with one attached hydrogen (secondary N) is 1. The van der Waals surface area contributed by atoms with E-state index >= 15 is 0 Å². The highest BCUT2D eigenvalue weighted by Crippen LogP contribution is 2.35. The first-order valence-electron chi connectivity index (χ1n) is 8.51. The second kappa shape index (κ2) is 8.65. The van der Waals surface area contributed by atoms with Crippen LogP contribution in [0.4, 0.5) is 21.5 Å². The molecule has 0 aliphatic carbocycles. The minimum atomic E-state index is -0.504. The molecule has 0 aliphatic heterocycles. The van der Waals surface area contributed by atoms with Crippen LogP contribution in [0.25, 0.3) is 10.9 Å². The Labute approximate surface area is 172 Å². The number of fused-ring (bicyclic) bond motifs is 1. The fraction of sp³-hybridized carbons (Fsp3) is 0.200. The third kappa shape index (κ3) is 4.47. The van der Waals surface area contributed by atoms with Crippen LogP contribution in [0.3, 0.4) is 0 Å². The fourth-order valence-electron chi connectivity index (χ4n) is 2.64. The fourth-order valence-corrected chi connectivity index (χ4v) is 3.91. The Bertz CT molecular complexity index is 1060. The van der Waals surface area contributed by atoms with Gasteiger partial charge >= 0.3 is 0 Å². The van der Waals surface area contributed by atoms with Crippen LogP contribution in [0.2, 0.25) is 5.02 Å². The van der Waals surface area contributed by atoms with Gasteiger partial charge in [-0.05, 0) is 44.4 Å². The molecule has 2 aromatic carbocycles. The van der Waals surface area contributed by atoms with E-state index in [1.165, 1.54) is 18.3 Å². The molecule has 1 heterocycles. The lowest BCUT2D eigenvalue weighted by molar-refractivity contribution is 0.437. The molecule has 0 fully saturated rings. The zero-order valence-corrected chi connectivity index (χ0v) is 17.0. The van der Waals surface area contributed by atoms with Crippen molar-refractivity contribution in [2.24, 2.45) is 0 Å². The molecule has 0 saturated heterocycles. The van der Waals surface area contributed by atoms with Gasteiger partial charge < -0.3 is 16.0 Å². The van der Waals surface area contributed by atoms with Crippen LogP contribution in [0.5, 0.6) is 0 Å². The Morgan fingerprint density at radius 3 is 2.79 bits per heavy atom. The Morgan fingerprint density at radius 1 is 1.32 bits per heavy atom. The van der Waals surface area contributed by atoms with E-state index in [1.807, 2.05) is 26.2 Å². The van der Waals surface area contributed by atoms with Crippen molar-refractivity contribution >= 4 is 51.3 Å². The summed E-state index contributed by atoms with van der Waals surface area (Å²) in [5.41, 5.74) is 9.09. The van der Waals surface area contributed by atoms with Crippen molar-refractivity contribution in [1.82, 2.24) is 9.88 Å². The topological polar surface area (TPSA) is 78.0 Å². The third-order valence-electron chi connectivity index (χ3n) is 4.10. The van der Waals surface area contributed by atoms with Gasteiger partial charge in [0.05, 0.1) is 21.8 Å². The Balaban J connectivity index is 2.01. The molecule has 3 rings (SSSR count). The van der Waals surface area contributed by atoms with Gasteiger partial charge in [-0.1, -0.05) is 11.6 Å². The number of nitrogens with zero attached hydrogens (tertiary/aromatic N) is 3. The van der Waals surface area contributed by atoms with Gasteiger partial charge in [-0.2, -0.15) is 5.26 Å². The van der Waals surface area contributed by atoms with E-state index in [-0.39, 0.29) is 5.02 Å². The van der Waals surface area contributed by atoms with E-state index in [4.69, 9.17) is 17.3 Å². The predicted molar refractivity (Wildman–Crippen MR) is 115 cm³/mol. The lowest BCUT2D eigenvalue weighted by Crippen LogP contribution is -2.14. The van der Waals surface area contributed by atoms with Gasteiger partial charge in [-0.25, -0.2) is 4.39 Å². The number of hydrogen-bond donors (Lipinski definition) is 2. The van der Waals surface area contributed by atoms with Crippen LogP contribution in [0, 0.1) is 17.1 Å². The molecule has 8 heteroatoms. The summed E-state index contributed by atoms with van der Waals surface area (Å²) < 4.78 is 13.4. The van der Waals surface area contributed by atoms with Gasteiger partial charge in [-0.3, -0.25) is 4.98 Å². The molecule has 0 saturated carbocycles. The number of anilines is 3. The van der Waals surface area contributed by atoms with E-state index in [9.17, 15) is 9.65 Å². The molecule has 1 aromatic heterocycles. The zero-order valence-electron chi connectivity index (χ0n) is 15.5. The molecule has 0 amide bonds. The van der Waals surface area contributed by atoms with Gasteiger partial charge in [0.15, 0.2) is 0 Å². The van der Waals surface area contributed by atoms with E-state index in [2.05, 4.69) is 21.3 Å². The summed E-state index contributed by atoms with van der Waals surface area (Å²) in [6.07, 6.45) is 1.51. The molecule has 0 atom stereocenters. The molecule has 3 aromatic rings. The molecule has 0 aliphatic rings. The molecular weight excluding hydrogens is 397 g/mol. The molecule has 3 N–H and O–H groups in total. The Kier molecular flexibility index (Phi) is 6.25. The quantitative estimate of drug-likeness (QED) is 0.441. The van der Waals surface area contributed by atoms with Crippen molar-refractivity contribution in [3.63, 3.8) is 0 Å². The summed E-state index contributed by atoms with van der Waals surface area (Å²) >= 11 is 7.53. The van der Waals surface area contributed by atoms with Gasteiger partial charge in [-0.15, -0.1) is 11.8 Å². The second-order valence-electron chi connectivity index (χ2n) is 6.47. The maximum atomic E-state index is 13.4. The lowest BCUT2D eigenvalue weighted by Gasteiger charge is -2.14. The monoisotopic (exact) mass is 415 g/mol. The summed E-state index contributed by atoms with van der Waals surface area (Å²) in [5, 5.41) is 13.4. The largest absolute Gasteiger partial charge is 0.398 e. The third-order valence-corrected chi connectivity index (χ3v) is 5.45. The summed E-state index contributed by atoms with van der Waals surface area (Å²) in [6, 6.07) is 10.2. The number of nitrogen functional groups attached to an aromatic ring is 1. The van der Waals surface area contributed by atoms with Crippen molar-refractivity contribution in [3.8, 4) is 6.07 Å². The maximum absolute atomic E-state index is 13.4. The second-order valence-corrected chi connectivity index (χ2v) is 8.02. The molecule has 0 radical (unpaired) electrons. The van der Waals surface area contributed by atoms with Crippen molar-refractivity contribution in [3.05, 3.63) is 52.9 Å². The highest BCUT2D eigenvalue weighted by Gasteiger charge is 2.13. The van der Waals surface area contributed by atoms with Crippen LogP contribution in [-0.2, 0) is 0 Å². The summed E-state index contributed by atoms with van der Waals surface area (Å²) in [7, 11) is 4.05. The number of thioether (sulfide) groups is 1. The van der Waals surface area contributed by atoms with Crippen molar-refractivity contribution < 1.29 is 4.39 Å². The van der Waals surface area contributed by atoms with Crippen LogP contribution in [0.15, 0.2) is 41.4 Å². The highest BCUT2D eigenvalue weighted by atomic mass is 35.5. The lowest BCUT2D eigenvalue weighted by atomic mass is 10.1. The number of nitriles is 1. The Morgan fingerprint density at radius 2 is 2.11 bits per heavy atom. The number of hydrogen-bond acceptors (Lipinski definition) is 6. The van der Waals surface area contributed by atoms with Gasteiger partial charge in [0.1, 0.15) is 11.9 Å². The summed E-state index contributed by atoms with van der Waals surface area (Å²) in [4.78, 5) is 7.46. The number of nitrogens with two attached hydrogens (primary N) is 1. The van der Waals surface area contributed by atoms with E-state index in [0.717, 1.165) is 22.7 Å². The Hall–Kier alpha value is -2.53. The molecule has 28 heavy (non-hydrogen) atoms. The van der Waals surface area contributed by atoms with E-state index in [1.54, 1.807) is 17.8 Å². The van der Waals surface area contributed by atoms with Crippen LogP contribution in [-0.4, -0.2) is 36.3 Å². The summed E-state index contributed by atoms with van der Waals surface area (Å²) in [6.45, 7) is 0.932. The first kappa shape index (κ1) is 20.2. The average Bonchev–Trinajstić information content (AvgIpc) is 2.65. The minimum absolute atomic E-state index is 0.000890. The molecule has 5 nitrogen and oxygen atoms in total. The number of pyridine rings is 1. The SMILES string of the molecule is CN(C)CCSc1cc2ncc(C#N)c(Nc3ccc(F)c(Cl)c3)c2cc1N. The summed E-state index contributed by atoms with van der Waals surface area (Å²) in [5.74, 6) is 0.397. The zero-order chi connectivity index (χ0) is 20.3. The molecule has 144 valence electrons.